The number of benzene rings is 9. The molecule has 13 fully saturated rings. The molecule has 0 radical (unpaired) electrons. The Morgan fingerprint density at radius 3 is 1.39 bits per heavy atom. The normalized spacial score (nSPS) is 27.0. The number of sulfonamides is 2. The average molecular weight is 2220 g/mol. The summed E-state index contributed by atoms with van der Waals surface area (Å²) in [6, 6.07) is 38.6. The fourth-order valence-corrected chi connectivity index (χ4v) is 26.0. The van der Waals surface area contributed by atoms with Gasteiger partial charge >= 0.3 is 0 Å². The maximum Gasteiger partial charge on any atom is 0.272 e. The molecule has 0 spiro atoms. The van der Waals surface area contributed by atoms with Crippen LogP contribution in [0.25, 0.3) is 0 Å². The topological polar surface area (TPSA) is 423 Å². The van der Waals surface area contributed by atoms with Gasteiger partial charge in [-0.3, -0.25) is 57.0 Å². The highest BCUT2D eigenvalue weighted by Crippen LogP contribution is 2.72. The standard InChI is InChI=1S/C29H28Cl2N4O8S2.C28H27Cl2FN2O5.C25H22F3NO5.C24H20Cl2FNO5/c1-17-10-19(3-8-22(17)31)42-13-26(36)33-28-14-29(15-28,16-28)34-27(37)25-12-35(23-11-18(30)2-9-24(23)43-25)45(40,41)21-6-4-20(5-7-21)44(32,38)39;1-15-6-17(3-4-19(15)30)37-11-25(35)32-28-12-27(13-28,14-28)9-22(34)24-10-33(26(36)18-8-20(18)31)21-7-16(29)2-5-23(21)38-24;1-13-4-14(2-3-16(13)26)33-9-23(32)29-25-10-24(11-25,12-25)8-20(31)22-7-19(30)15-5-17(27)18(28)6-21(15)34-22;1-22(20(30)16-6-13(25)2-5-19(16)33-22)21(31)28-24-10-23(11-24,12-24)8-14(29)9-32-15-3-4-17(26)18(27)7-15/h2-11,25H,12-16H2,1H3,(H,33,36)(H,34,37)(H2,32,38,39);2-7,18,20,24H,8-14H2,1H3,(H,32,35);2-6,22H,7-12H2,1H3,(H,29,32);2-7H,8-12H2,1H3,(H,28,31)/t;18-,20+,24?,27?,28?;22-,24?,25?;22-,23?,24?/m.101/s1. The van der Waals surface area contributed by atoms with E-state index in [1.807, 2.05) is 13.8 Å². The largest absolute Gasteiger partial charge is 0.486 e. The Kier molecular flexibility index (Phi) is 28.1. The maximum absolute atomic E-state index is 13.7. The summed E-state index contributed by atoms with van der Waals surface area (Å²) in [4.78, 5) is 141. The molecule has 150 heavy (non-hydrogen) atoms. The summed E-state index contributed by atoms with van der Waals surface area (Å²) in [5.41, 5.74) is -1.35. The molecule has 26 rings (SSSR count). The molecule has 13 aliphatic carbocycles. The number of aryl methyl sites for hydroxylation is 3. The van der Waals surface area contributed by atoms with Gasteiger partial charge < -0.3 is 69.4 Å². The van der Waals surface area contributed by atoms with Gasteiger partial charge in [-0.25, -0.2) is 43.9 Å². The molecule has 8 bridgehead atoms. The number of carbonyl (C=O) groups is 11. The van der Waals surface area contributed by atoms with Crippen molar-refractivity contribution in [2.24, 2.45) is 27.3 Å². The Morgan fingerprint density at radius 1 is 0.433 bits per heavy atom. The molecule has 0 aromatic heterocycles. The Bertz CT molecular complexity index is 7360. The number of amides is 6. The molecule has 9 aromatic carbocycles. The monoisotopic (exact) mass is 2220 g/mol. The van der Waals surface area contributed by atoms with Gasteiger partial charge in [0, 0.05) is 84.2 Å². The zero-order chi connectivity index (χ0) is 107. The lowest BCUT2D eigenvalue weighted by molar-refractivity contribution is -0.177. The lowest BCUT2D eigenvalue weighted by Crippen LogP contribution is -2.84. The van der Waals surface area contributed by atoms with Crippen LogP contribution < -0.4 is 78.8 Å². The quantitative estimate of drug-likeness (QED) is 0.0174. The Labute approximate surface area is 886 Å². The Hall–Kier alpha value is -12.4. The summed E-state index contributed by atoms with van der Waals surface area (Å²) in [7, 11) is -8.32. The van der Waals surface area contributed by atoms with Gasteiger partial charge in [-0.1, -0.05) is 69.6 Å². The molecule has 44 heteroatoms. The molecule has 0 saturated heterocycles. The Balaban J connectivity index is 0.000000126. The smallest absolute Gasteiger partial charge is 0.272 e. The number of anilines is 2. The number of hydrogen-bond acceptors (Lipinski definition) is 23. The third-order valence-electron chi connectivity index (χ3n) is 29.9. The van der Waals surface area contributed by atoms with E-state index in [0.717, 1.165) is 57.9 Å². The maximum atomic E-state index is 13.7. The van der Waals surface area contributed by atoms with E-state index < -0.39 is 113 Å². The lowest BCUT2D eigenvalue weighted by atomic mass is 9.38. The van der Waals surface area contributed by atoms with Gasteiger partial charge in [0.25, 0.3) is 39.6 Å². The summed E-state index contributed by atoms with van der Waals surface area (Å²) in [5.74, 6) is -4.92. The van der Waals surface area contributed by atoms with E-state index in [-0.39, 0.29) is 181 Å². The number of ketones is 5. The van der Waals surface area contributed by atoms with Gasteiger partial charge in [-0.2, -0.15) is 0 Å². The van der Waals surface area contributed by atoms with Crippen LogP contribution >= 0.6 is 69.6 Å². The number of rotatable bonds is 31. The number of hydrogen-bond donors (Lipinski definition) is 6. The van der Waals surface area contributed by atoms with Crippen LogP contribution in [0.3, 0.4) is 0 Å². The van der Waals surface area contributed by atoms with Crippen molar-refractivity contribution in [1.82, 2.24) is 26.6 Å². The van der Waals surface area contributed by atoms with E-state index in [1.54, 1.807) is 73.7 Å². The van der Waals surface area contributed by atoms with E-state index in [0.29, 0.717) is 156 Å². The number of fused-ring (bicyclic) bond motifs is 4. The Morgan fingerprint density at radius 2 is 0.867 bits per heavy atom. The van der Waals surface area contributed by atoms with Crippen molar-refractivity contribution in [3.63, 3.8) is 0 Å². The highest BCUT2D eigenvalue weighted by molar-refractivity contribution is 7.93. The first-order valence-electron chi connectivity index (χ1n) is 47.9. The van der Waals surface area contributed by atoms with Gasteiger partial charge in [0.15, 0.2) is 72.9 Å². The first-order valence-corrected chi connectivity index (χ1v) is 53.1. The molecule has 31 nitrogen and oxygen atoms in total. The van der Waals surface area contributed by atoms with Crippen molar-refractivity contribution in [3.05, 3.63) is 245 Å². The van der Waals surface area contributed by atoms with Crippen LogP contribution in [0, 0.1) is 66.2 Å². The van der Waals surface area contributed by atoms with Gasteiger partial charge in [0.05, 0.1) is 62.7 Å². The molecule has 4 aliphatic heterocycles. The number of alkyl halides is 1. The zero-order valence-corrected chi connectivity index (χ0v) is 86.7. The second kappa shape index (κ2) is 39.7. The van der Waals surface area contributed by atoms with Gasteiger partial charge in [-0.15, -0.1) is 0 Å². The third-order valence-corrected chi connectivity index (χ3v) is 34.5. The fraction of sp³-hybridized carbons (Fsp3) is 0.387. The zero-order valence-electron chi connectivity index (χ0n) is 80.6. The molecule has 788 valence electrons. The number of Topliss-reactive ketones (excluding diaryl/α,β-unsaturated/α-hetero) is 5. The molecule has 2 unspecified atom stereocenters. The molecule has 6 amide bonds. The van der Waals surface area contributed by atoms with Gasteiger partial charge in [0.1, 0.15) is 70.4 Å². The average Bonchev–Trinajstić information content (AvgIpc) is 0.859. The SMILES string of the molecule is C[C@@]1(C(=O)NC23CC(CC(=O)COc4ccc(Cl)c(F)c4)(C2)C3)Oc2ccc(Cl)cc2C1=O.Cc1cc(OCC(=O)NC23CC(CC(=O)C4CN(C(=O)[C@@H]5C[C@@H]5F)c5cc(Cl)ccc5O4)(C2)C3)ccc1Cl.Cc1cc(OCC(=O)NC23CC(CC(=O)[C@@H]4CC(=O)c5cc(F)c(F)cc5O4)(C2)C3)ccc1F.Cc1cc(OCC(=O)NC23CC(NC(=O)C4CN(S(=O)(=O)c5ccc(S(N)(=O)=O)cc5)c5cc(Cl)ccc5O4)(C2)C3)ccc1Cl. The van der Waals surface area contributed by atoms with E-state index in [4.69, 9.17) is 113 Å². The van der Waals surface area contributed by atoms with Crippen molar-refractivity contribution in [2.75, 3.05) is 48.7 Å². The first kappa shape index (κ1) is 106. The van der Waals surface area contributed by atoms with Crippen LogP contribution in [0.2, 0.25) is 30.1 Å². The van der Waals surface area contributed by atoms with Crippen LogP contribution in [0.4, 0.5) is 33.3 Å². The summed E-state index contributed by atoms with van der Waals surface area (Å²) in [5, 5.41) is 22.4. The van der Waals surface area contributed by atoms with Crippen LogP contribution in [-0.2, 0) is 63.2 Å². The van der Waals surface area contributed by atoms with Crippen LogP contribution in [0.1, 0.15) is 153 Å². The van der Waals surface area contributed by atoms with Crippen LogP contribution in [0.5, 0.6) is 46.0 Å². The number of halogens is 11. The van der Waals surface area contributed by atoms with Crippen LogP contribution in [0.15, 0.2) is 174 Å². The minimum Gasteiger partial charge on any atom is -0.486 e. The number of carbonyl (C=O) groups excluding carboxylic acids is 11. The number of nitrogens with one attached hydrogen (secondary N) is 5. The van der Waals surface area contributed by atoms with Crippen molar-refractivity contribution in [3.8, 4) is 46.0 Å². The van der Waals surface area contributed by atoms with Gasteiger partial charge in [0.2, 0.25) is 27.3 Å². The van der Waals surface area contributed by atoms with E-state index >= 15 is 0 Å². The summed E-state index contributed by atoms with van der Waals surface area (Å²) in [6.07, 6.45) is 4.08. The highest BCUT2D eigenvalue weighted by Gasteiger charge is 2.73. The second-order valence-corrected chi connectivity index (χ2v) is 47.9. The number of nitrogens with two attached hydrogens (primary N) is 1. The number of ether oxygens (including phenoxy) is 8. The van der Waals surface area contributed by atoms with E-state index in [1.165, 1.54) is 66.4 Å². The van der Waals surface area contributed by atoms with Crippen LogP contribution in [-0.4, -0.2) is 178 Å². The fourth-order valence-electron chi connectivity index (χ4n) is 23.1. The van der Waals surface area contributed by atoms with Crippen molar-refractivity contribution in [1.29, 1.82) is 0 Å². The second-order valence-electron chi connectivity index (χ2n) is 42.0. The minimum atomic E-state index is -4.29. The number of nitrogens with zero attached hydrogens (tertiary/aromatic N) is 2. The summed E-state index contributed by atoms with van der Waals surface area (Å²) < 4.78 is 164. The molecule has 13 saturated carbocycles. The summed E-state index contributed by atoms with van der Waals surface area (Å²) in [6.45, 7) is 5.81. The highest BCUT2D eigenvalue weighted by atomic mass is 35.5. The van der Waals surface area contributed by atoms with Gasteiger partial charge in [-0.05, 0) is 296 Å². The lowest BCUT2D eigenvalue weighted by Gasteiger charge is -2.70. The molecule has 6 atom stereocenters. The first-order chi connectivity index (χ1) is 70.7. The molecule has 4 heterocycles. The molecular weight excluding hydrogens is 2130 g/mol. The summed E-state index contributed by atoms with van der Waals surface area (Å²) >= 11 is 35.9. The third kappa shape index (κ3) is 21.6. The molecule has 9 aromatic rings. The van der Waals surface area contributed by atoms with Crippen molar-refractivity contribution in [2.45, 2.75) is 204 Å². The molecular formula is C106H97Cl6F5N8O23S2. The predicted molar refractivity (Wildman–Crippen MR) is 537 cm³/mol. The van der Waals surface area contributed by atoms with E-state index in [2.05, 4.69) is 26.6 Å². The molecule has 17 aliphatic rings. The number of primary sulfonamides is 1. The van der Waals surface area contributed by atoms with Crippen molar-refractivity contribution >= 4 is 165 Å². The van der Waals surface area contributed by atoms with E-state index in [9.17, 15) is 91.5 Å². The predicted octanol–water partition coefficient (Wildman–Crippen LogP) is 16.1. The minimum absolute atomic E-state index is 0.0128. The van der Waals surface area contributed by atoms with Crippen molar-refractivity contribution < 1.29 is 129 Å². The molecule has 7 N–H and O–H groups in total.